The first-order chi connectivity index (χ1) is 6.08. The minimum absolute atomic E-state index is 0.0600. The highest BCUT2D eigenvalue weighted by molar-refractivity contribution is 14.1. The van der Waals surface area contributed by atoms with Gasteiger partial charge in [-0.25, -0.2) is 0 Å². The summed E-state index contributed by atoms with van der Waals surface area (Å²) in [6.45, 7) is 4.28. The molecule has 1 aliphatic heterocycles. The molecule has 13 heavy (non-hydrogen) atoms. The molecule has 1 saturated heterocycles. The van der Waals surface area contributed by atoms with Gasteiger partial charge >= 0.3 is 0 Å². The Kier molecular flexibility index (Phi) is 3.32. The first kappa shape index (κ1) is 10.9. The largest absolute Gasteiger partial charge is 0.354 e. The zero-order valence-electron chi connectivity index (χ0n) is 7.89. The monoisotopic (exact) mass is 295 g/mol. The lowest BCUT2D eigenvalue weighted by Crippen LogP contribution is -2.56. The van der Waals surface area contributed by atoms with E-state index in [0.29, 0.717) is 19.4 Å². The molecule has 0 bridgehead atoms. The third-order valence-electron chi connectivity index (χ3n) is 2.84. The molecule has 0 aromatic carbocycles. The predicted octanol–water partition coefficient (Wildman–Crippen LogP) is 1.30. The molecule has 0 spiro atoms. The zero-order chi connectivity index (χ0) is 10.1. The number of hydrogen-bond donors (Lipinski definition) is 1. The van der Waals surface area contributed by atoms with Gasteiger partial charge in [-0.3, -0.25) is 9.59 Å². The van der Waals surface area contributed by atoms with Gasteiger partial charge in [0.05, 0.1) is 3.92 Å². The number of hydrogen-bond acceptors (Lipinski definition) is 2. The summed E-state index contributed by atoms with van der Waals surface area (Å²) in [5.74, 6) is 0.0114. The molecular formula is C9H14INO2. The summed E-state index contributed by atoms with van der Waals surface area (Å²) in [6.07, 6.45) is 1.21. The molecule has 1 atom stereocenters. The van der Waals surface area contributed by atoms with Crippen LogP contribution in [0.25, 0.3) is 0 Å². The quantitative estimate of drug-likeness (QED) is 0.474. The summed E-state index contributed by atoms with van der Waals surface area (Å²) >= 11 is 2.10. The van der Waals surface area contributed by atoms with Crippen molar-refractivity contribution in [2.75, 3.05) is 6.54 Å². The summed E-state index contributed by atoms with van der Waals surface area (Å²) in [6, 6.07) is 0. The Balaban J connectivity index is 3.00. The van der Waals surface area contributed by atoms with Gasteiger partial charge in [0.15, 0.2) is 5.78 Å². The molecule has 74 valence electrons. The Morgan fingerprint density at radius 1 is 1.46 bits per heavy atom. The fourth-order valence-corrected chi connectivity index (χ4v) is 2.59. The van der Waals surface area contributed by atoms with Crippen LogP contribution in [0.1, 0.15) is 26.7 Å². The third kappa shape index (κ3) is 1.60. The second-order valence-electron chi connectivity index (χ2n) is 3.33. The summed E-state index contributed by atoms with van der Waals surface area (Å²) in [5.41, 5.74) is -0.746. The molecule has 0 aliphatic carbocycles. The Bertz CT molecular complexity index is 236. The highest BCUT2D eigenvalue weighted by Crippen LogP contribution is 2.33. The van der Waals surface area contributed by atoms with Crippen molar-refractivity contribution in [1.82, 2.24) is 5.32 Å². The van der Waals surface area contributed by atoms with E-state index in [4.69, 9.17) is 0 Å². The highest BCUT2D eigenvalue weighted by atomic mass is 127. The maximum atomic E-state index is 11.9. The van der Waals surface area contributed by atoms with Crippen LogP contribution in [-0.2, 0) is 9.59 Å². The summed E-state index contributed by atoms with van der Waals surface area (Å²) in [5, 5.41) is 2.79. The average Bonchev–Trinajstić information content (AvgIpc) is 2.15. The number of carbonyl (C=O) groups is 2. The number of halogens is 1. The Labute approximate surface area is 91.8 Å². The predicted molar refractivity (Wildman–Crippen MR) is 58.8 cm³/mol. The molecule has 1 fully saturated rings. The standard InChI is InChI=1S/C9H14INO2/c1-3-9(4-2)7(12)6(10)5-11-8(9)13/h6H,3-5H2,1-2H3,(H,11,13). The van der Waals surface area contributed by atoms with E-state index in [2.05, 4.69) is 27.9 Å². The molecule has 0 aromatic rings. The molecule has 1 heterocycles. The topological polar surface area (TPSA) is 46.2 Å². The number of alkyl halides is 1. The van der Waals surface area contributed by atoms with Crippen molar-refractivity contribution in [3.63, 3.8) is 0 Å². The average molecular weight is 295 g/mol. The van der Waals surface area contributed by atoms with Gasteiger partial charge in [0.25, 0.3) is 0 Å². The lowest BCUT2D eigenvalue weighted by Gasteiger charge is -2.35. The van der Waals surface area contributed by atoms with Gasteiger partial charge in [0, 0.05) is 6.54 Å². The molecule has 1 amide bonds. The second kappa shape index (κ2) is 3.94. The van der Waals surface area contributed by atoms with Crippen LogP contribution in [0.15, 0.2) is 0 Å². The first-order valence-electron chi connectivity index (χ1n) is 4.55. The first-order valence-corrected chi connectivity index (χ1v) is 5.79. The van der Waals surface area contributed by atoms with E-state index in [-0.39, 0.29) is 15.6 Å². The van der Waals surface area contributed by atoms with E-state index in [1.54, 1.807) is 0 Å². The second-order valence-corrected chi connectivity index (χ2v) is 4.83. The number of carbonyl (C=O) groups excluding carboxylic acids is 2. The summed E-state index contributed by atoms with van der Waals surface area (Å²) in [7, 11) is 0. The van der Waals surface area contributed by atoms with Gasteiger partial charge in [-0.15, -0.1) is 0 Å². The summed E-state index contributed by atoms with van der Waals surface area (Å²) in [4.78, 5) is 23.5. The molecule has 3 nitrogen and oxygen atoms in total. The molecule has 1 N–H and O–H groups in total. The van der Waals surface area contributed by atoms with Crippen molar-refractivity contribution in [2.24, 2.45) is 5.41 Å². The smallest absolute Gasteiger partial charge is 0.233 e. The lowest BCUT2D eigenvalue weighted by molar-refractivity contribution is -0.145. The Morgan fingerprint density at radius 3 is 2.38 bits per heavy atom. The van der Waals surface area contributed by atoms with Crippen LogP contribution < -0.4 is 5.32 Å². The molecule has 1 unspecified atom stereocenters. The van der Waals surface area contributed by atoms with Gasteiger partial charge < -0.3 is 5.32 Å². The minimum atomic E-state index is -0.746. The van der Waals surface area contributed by atoms with Crippen molar-refractivity contribution in [3.8, 4) is 0 Å². The van der Waals surface area contributed by atoms with Crippen LogP contribution in [0.4, 0.5) is 0 Å². The van der Waals surface area contributed by atoms with Crippen molar-refractivity contribution in [1.29, 1.82) is 0 Å². The van der Waals surface area contributed by atoms with Crippen LogP contribution in [-0.4, -0.2) is 22.2 Å². The molecular weight excluding hydrogens is 281 g/mol. The number of rotatable bonds is 2. The zero-order valence-corrected chi connectivity index (χ0v) is 10.1. The fourth-order valence-electron chi connectivity index (χ4n) is 1.78. The van der Waals surface area contributed by atoms with E-state index in [1.807, 2.05) is 13.8 Å². The summed E-state index contributed by atoms with van der Waals surface area (Å²) < 4.78 is -0.0600. The number of Topliss-reactive ketones (excluding diaryl/α,β-unsaturated/α-hetero) is 1. The van der Waals surface area contributed by atoms with E-state index >= 15 is 0 Å². The molecule has 0 radical (unpaired) electrons. The fraction of sp³-hybridized carbons (Fsp3) is 0.778. The van der Waals surface area contributed by atoms with Gasteiger partial charge in [0.2, 0.25) is 5.91 Å². The number of nitrogens with one attached hydrogen (secondary N) is 1. The van der Waals surface area contributed by atoms with E-state index in [0.717, 1.165) is 0 Å². The number of amides is 1. The SMILES string of the molecule is CCC1(CC)C(=O)NCC(I)C1=O. The van der Waals surface area contributed by atoms with E-state index < -0.39 is 5.41 Å². The molecule has 0 aromatic heterocycles. The van der Waals surface area contributed by atoms with Gasteiger partial charge in [-0.2, -0.15) is 0 Å². The van der Waals surface area contributed by atoms with Crippen LogP contribution in [0.2, 0.25) is 0 Å². The Hall–Kier alpha value is -0.130. The maximum Gasteiger partial charge on any atom is 0.233 e. The number of piperidine rings is 1. The third-order valence-corrected chi connectivity index (χ3v) is 3.85. The van der Waals surface area contributed by atoms with Gasteiger partial charge in [-0.05, 0) is 12.8 Å². The van der Waals surface area contributed by atoms with Crippen molar-refractivity contribution in [2.45, 2.75) is 30.6 Å². The van der Waals surface area contributed by atoms with Gasteiger partial charge in [-0.1, -0.05) is 36.4 Å². The van der Waals surface area contributed by atoms with E-state index in [9.17, 15) is 9.59 Å². The minimum Gasteiger partial charge on any atom is -0.354 e. The van der Waals surface area contributed by atoms with Crippen molar-refractivity contribution >= 4 is 34.3 Å². The van der Waals surface area contributed by atoms with Crippen LogP contribution in [0.5, 0.6) is 0 Å². The van der Waals surface area contributed by atoms with Crippen LogP contribution in [0.3, 0.4) is 0 Å². The van der Waals surface area contributed by atoms with Crippen LogP contribution >= 0.6 is 22.6 Å². The number of ketones is 1. The van der Waals surface area contributed by atoms with Crippen LogP contribution in [0, 0.1) is 5.41 Å². The maximum absolute atomic E-state index is 11.9. The molecule has 0 saturated carbocycles. The molecule has 1 aliphatic rings. The highest BCUT2D eigenvalue weighted by Gasteiger charge is 2.47. The molecule has 4 heteroatoms. The van der Waals surface area contributed by atoms with Gasteiger partial charge in [0.1, 0.15) is 5.41 Å². The van der Waals surface area contributed by atoms with E-state index in [1.165, 1.54) is 0 Å². The van der Waals surface area contributed by atoms with Crippen molar-refractivity contribution < 1.29 is 9.59 Å². The van der Waals surface area contributed by atoms with Crippen molar-refractivity contribution in [3.05, 3.63) is 0 Å². The molecule has 1 rings (SSSR count). The lowest BCUT2D eigenvalue weighted by atomic mass is 9.74. The normalized spacial score (nSPS) is 27.2. The Morgan fingerprint density at radius 2 is 2.00 bits per heavy atom.